The quantitative estimate of drug-likeness (QED) is 0.487. The molecule has 0 aromatic rings. The van der Waals surface area contributed by atoms with Gasteiger partial charge in [0.15, 0.2) is 0 Å². The summed E-state index contributed by atoms with van der Waals surface area (Å²) >= 11 is 0. The number of aliphatic hydroxyl groups excluding tert-OH is 2. The highest BCUT2D eigenvalue weighted by Gasteiger charge is 2.59. The minimum absolute atomic E-state index is 0.112. The monoisotopic (exact) mass is 432 g/mol. The summed E-state index contributed by atoms with van der Waals surface area (Å²) < 4.78 is 0. The van der Waals surface area contributed by atoms with Crippen LogP contribution in [0.15, 0.2) is 11.6 Å². The van der Waals surface area contributed by atoms with Crippen molar-refractivity contribution in [2.24, 2.45) is 46.3 Å². The molecular weight excluding hydrogens is 384 g/mol. The predicted molar refractivity (Wildman–Crippen MR) is 126 cm³/mol. The van der Waals surface area contributed by atoms with Gasteiger partial charge >= 0.3 is 0 Å². The lowest BCUT2D eigenvalue weighted by Crippen LogP contribution is -2.51. The standard InChI is InChI=1S/C28H48O3/c1-17(15-25(30)18(2)26(3,4)31)22-9-10-23-21-8-7-19-16-20(29)11-13-27(19,5)24(21)12-14-28(22,23)6/h7,17-18,20-25,29-31H,8-16H2,1-6H3/t17-,18+,20+,21+,22-,23+,24+,25-,27+,28-/m1/s1. The maximum atomic E-state index is 10.8. The van der Waals surface area contributed by atoms with Gasteiger partial charge in [-0.3, -0.25) is 0 Å². The maximum absolute atomic E-state index is 10.8. The molecule has 0 bridgehead atoms. The molecule has 4 rings (SSSR count). The Morgan fingerprint density at radius 3 is 2.45 bits per heavy atom. The third kappa shape index (κ3) is 3.95. The van der Waals surface area contributed by atoms with Gasteiger partial charge in [0.1, 0.15) is 0 Å². The van der Waals surface area contributed by atoms with E-state index < -0.39 is 11.7 Å². The maximum Gasteiger partial charge on any atom is 0.0641 e. The Kier molecular flexibility index (Phi) is 6.24. The first-order valence-corrected chi connectivity index (χ1v) is 13.2. The zero-order chi connectivity index (χ0) is 22.8. The Morgan fingerprint density at radius 1 is 1.06 bits per heavy atom. The van der Waals surface area contributed by atoms with E-state index in [1.54, 1.807) is 5.57 Å². The van der Waals surface area contributed by atoms with Gasteiger partial charge in [0, 0.05) is 5.92 Å². The van der Waals surface area contributed by atoms with Gasteiger partial charge in [0.2, 0.25) is 0 Å². The highest BCUT2D eigenvalue weighted by atomic mass is 16.3. The zero-order valence-electron chi connectivity index (χ0n) is 20.9. The molecule has 0 aromatic carbocycles. The van der Waals surface area contributed by atoms with Crippen LogP contribution in [0.1, 0.15) is 99.3 Å². The van der Waals surface area contributed by atoms with Crippen molar-refractivity contribution >= 4 is 0 Å². The Bertz CT molecular complexity index is 693. The second-order valence-corrected chi connectivity index (χ2v) is 13.1. The van der Waals surface area contributed by atoms with E-state index in [9.17, 15) is 15.3 Å². The molecule has 3 heteroatoms. The van der Waals surface area contributed by atoms with Crippen LogP contribution in [0.5, 0.6) is 0 Å². The van der Waals surface area contributed by atoms with Gasteiger partial charge < -0.3 is 15.3 Å². The summed E-state index contributed by atoms with van der Waals surface area (Å²) in [7, 11) is 0. The van der Waals surface area contributed by atoms with Crippen LogP contribution in [-0.4, -0.2) is 33.1 Å². The highest BCUT2D eigenvalue weighted by molar-refractivity contribution is 5.25. The number of fused-ring (bicyclic) bond motifs is 5. The van der Waals surface area contributed by atoms with Crippen LogP contribution in [0.4, 0.5) is 0 Å². The SMILES string of the molecule is C[C@H](C[C@@H](O)[C@H](C)C(C)(C)O)[C@H]1CC[C@H]2[C@@H]3CC=C4C[C@@H](O)CC[C@]4(C)[C@H]3CC[C@]12C. The molecule has 178 valence electrons. The average molecular weight is 433 g/mol. The summed E-state index contributed by atoms with van der Waals surface area (Å²) in [6.07, 6.45) is 12.3. The van der Waals surface area contributed by atoms with Crippen molar-refractivity contribution in [3.8, 4) is 0 Å². The molecule has 3 fully saturated rings. The first-order chi connectivity index (χ1) is 14.4. The van der Waals surface area contributed by atoms with Gasteiger partial charge in [0.25, 0.3) is 0 Å². The lowest BCUT2D eigenvalue weighted by atomic mass is 9.47. The van der Waals surface area contributed by atoms with Gasteiger partial charge in [-0.15, -0.1) is 0 Å². The average Bonchev–Trinajstić information content (AvgIpc) is 3.04. The predicted octanol–water partition coefficient (Wildman–Crippen LogP) is 5.72. The number of hydrogen-bond acceptors (Lipinski definition) is 3. The number of aliphatic hydroxyl groups is 3. The summed E-state index contributed by atoms with van der Waals surface area (Å²) in [5.74, 6) is 3.42. The van der Waals surface area contributed by atoms with E-state index in [0.717, 1.165) is 43.4 Å². The molecule has 0 heterocycles. The molecule has 4 aliphatic rings. The molecule has 10 atom stereocenters. The van der Waals surface area contributed by atoms with Crippen LogP contribution in [0.25, 0.3) is 0 Å². The molecule has 3 nitrogen and oxygen atoms in total. The van der Waals surface area contributed by atoms with Crippen molar-refractivity contribution in [2.45, 2.75) is 117 Å². The van der Waals surface area contributed by atoms with E-state index >= 15 is 0 Å². The first-order valence-electron chi connectivity index (χ1n) is 13.2. The minimum atomic E-state index is -0.839. The third-order valence-corrected chi connectivity index (χ3v) is 11.1. The molecule has 0 spiro atoms. The van der Waals surface area contributed by atoms with E-state index in [4.69, 9.17) is 0 Å². The van der Waals surface area contributed by atoms with Crippen molar-refractivity contribution in [3.63, 3.8) is 0 Å². The fraction of sp³-hybridized carbons (Fsp3) is 0.929. The normalized spacial score (nSPS) is 45.7. The second-order valence-electron chi connectivity index (χ2n) is 13.1. The molecule has 0 aromatic heterocycles. The summed E-state index contributed by atoms with van der Waals surface area (Å²) in [6.45, 7) is 13.0. The minimum Gasteiger partial charge on any atom is -0.393 e. The van der Waals surface area contributed by atoms with E-state index in [-0.39, 0.29) is 12.0 Å². The van der Waals surface area contributed by atoms with Crippen LogP contribution in [0.3, 0.4) is 0 Å². The molecule has 3 N–H and O–H groups in total. The van der Waals surface area contributed by atoms with Crippen LogP contribution in [0.2, 0.25) is 0 Å². The molecule has 0 amide bonds. The smallest absolute Gasteiger partial charge is 0.0641 e. The summed E-state index contributed by atoms with van der Waals surface area (Å²) in [6, 6.07) is 0. The van der Waals surface area contributed by atoms with Gasteiger partial charge in [-0.25, -0.2) is 0 Å². The first kappa shape index (κ1) is 23.8. The lowest BCUT2D eigenvalue weighted by molar-refractivity contribution is -0.0697. The molecule has 3 saturated carbocycles. The second kappa shape index (κ2) is 8.13. The van der Waals surface area contributed by atoms with Crippen LogP contribution >= 0.6 is 0 Å². The van der Waals surface area contributed by atoms with E-state index in [0.29, 0.717) is 22.7 Å². The van der Waals surface area contributed by atoms with E-state index in [1.165, 1.54) is 32.1 Å². The Balaban J connectivity index is 1.49. The van der Waals surface area contributed by atoms with Crippen molar-refractivity contribution in [1.82, 2.24) is 0 Å². The Labute approximate surface area is 190 Å². The number of hydrogen-bond donors (Lipinski definition) is 3. The summed E-state index contributed by atoms with van der Waals surface area (Å²) in [4.78, 5) is 0. The van der Waals surface area contributed by atoms with E-state index in [1.807, 2.05) is 20.8 Å². The lowest BCUT2D eigenvalue weighted by Gasteiger charge is -2.58. The molecule has 0 aliphatic heterocycles. The molecule has 31 heavy (non-hydrogen) atoms. The topological polar surface area (TPSA) is 60.7 Å². The van der Waals surface area contributed by atoms with Crippen LogP contribution in [-0.2, 0) is 0 Å². The highest BCUT2D eigenvalue weighted by Crippen LogP contribution is 2.67. The van der Waals surface area contributed by atoms with Gasteiger partial charge in [-0.2, -0.15) is 0 Å². The van der Waals surface area contributed by atoms with Crippen molar-refractivity contribution < 1.29 is 15.3 Å². The molecular formula is C28H48O3. The number of rotatable bonds is 5. The largest absolute Gasteiger partial charge is 0.393 e. The van der Waals surface area contributed by atoms with Crippen molar-refractivity contribution in [1.29, 1.82) is 0 Å². The van der Waals surface area contributed by atoms with Crippen molar-refractivity contribution in [2.75, 3.05) is 0 Å². The van der Waals surface area contributed by atoms with E-state index in [2.05, 4.69) is 26.8 Å². The van der Waals surface area contributed by atoms with Crippen LogP contribution in [0, 0.1) is 46.3 Å². The fourth-order valence-corrected chi connectivity index (χ4v) is 8.84. The third-order valence-electron chi connectivity index (χ3n) is 11.1. The van der Waals surface area contributed by atoms with Crippen LogP contribution < -0.4 is 0 Å². The van der Waals surface area contributed by atoms with Crippen molar-refractivity contribution in [3.05, 3.63) is 11.6 Å². The summed E-state index contributed by atoms with van der Waals surface area (Å²) in [5.41, 5.74) is 1.41. The number of allylic oxidation sites excluding steroid dienone is 1. The molecule has 0 radical (unpaired) electrons. The Hall–Kier alpha value is -0.380. The van der Waals surface area contributed by atoms with Gasteiger partial charge in [0.05, 0.1) is 17.8 Å². The fourth-order valence-electron chi connectivity index (χ4n) is 8.84. The molecule has 0 unspecified atom stereocenters. The Morgan fingerprint density at radius 2 is 1.77 bits per heavy atom. The van der Waals surface area contributed by atoms with Gasteiger partial charge in [-0.05, 0) is 112 Å². The summed E-state index contributed by atoms with van der Waals surface area (Å²) in [5, 5.41) is 31.4. The van der Waals surface area contributed by atoms with Gasteiger partial charge in [-0.1, -0.05) is 39.3 Å². The molecule has 4 aliphatic carbocycles. The zero-order valence-corrected chi connectivity index (χ0v) is 20.9. The molecule has 0 saturated heterocycles.